The van der Waals surface area contributed by atoms with Crippen LogP contribution in [0, 0.1) is 0 Å². The van der Waals surface area contributed by atoms with Gasteiger partial charge in [0.1, 0.15) is 0 Å². The zero-order valence-corrected chi connectivity index (χ0v) is 14.5. The Morgan fingerprint density at radius 1 is 0.875 bits per heavy atom. The minimum absolute atomic E-state index is 0. The van der Waals surface area contributed by atoms with Gasteiger partial charge in [-0.25, -0.2) is 0 Å². The molecule has 91 valence electrons. The van der Waals surface area contributed by atoms with E-state index in [-0.39, 0.29) is 57.4 Å². The molecule has 16 heavy (non-hydrogen) atoms. The van der Waals surface area contributed by atoms with E-state index in [0.29, 0.717) is 6.61 Å². The van der Waals surface area contributed by atoms with Crippen molar-refractivity contribution in [3.63, 3.8) is 0 Å². The summed E-state index contributed by atoms with van der Waals surface area (Å²) >= 11 is 0. The van der Waals surface area contributed by atoms with Gasteiger partial charge in [-0.15, -0.1) is 0 Å². The van der Waals surface area contributed by atoms with Gasteiger partial charge in [0.25, 0.3) is 0 Å². The predicted molar refractivity (Wildman–Crippen MR) is 69.6 cm³/mol. The molecule has 0 aromatic rings. The van der Waals surface area contributed by atoms with Crippen LogP contribution in [0.2, 0.25) is 0 Å². The number of carbonyl (C=O) groups is 1. The number of unbranched alkanes of at least 4 members (excludes halogenated alkanes) is 8. The van der Waals surface area contributed by atoms with Crippen LogP contribution in [0.5, 0.6) is 0 Å². The molecule has 0 atom stereocenters. The van der Waals surface area contributed by atoms with Gasteiger partial charge < -0.3 is 4.74 Å². The number of hydrogen-bond donors (Lipinski definition) is 0. The number of ether oxygens (including phenoxy) is 1. The van der Waals surface area contributed by atoms with Crippen LogP contribution in [0.15, 0.2) is 0 Å². The van der Waals surface area contributed by atoms with Crippen molar-refractivity contribution in [1.29, 1.82) is 0 Å². The smallest absolute Gasteiger partial charge is 0.302 e. The molecule has 2 nitrogen and oxygen atoms in total. The maximum atomic E-state index is 10.5. The summed E-state index contributed by atoms with van der Waals surface area (Å²) in [5.74, 6) is -0.158. The summed E-state index contributed by atoms with van der Waals surface area (Å²) in [6.45, 7) is 4.31. The van der Waals surface area contributed by atoms with Crippen molar-refractivity contribution in [3.8, 4) is 0 Å². The second-order valence-electron chi connectivity index (χ2n) is 4.17. The molecule has 0 amide bonds. The second-order valence-corrected chi connectivity index (χ2v) is 4.17. The van der Waals surface area contributed by atoms with Crippen molar-refractivity contribution in [1.82, 2.24) is 0 Å². The van der Waals surface area contributed by atoms with E-state index < -0.39 is 0 Å². The minimum Gasteiger partial charge on any atom is -0.466 e. The summed E-state index contributed by atoms with van der Waals surface area (Å²) < 4.78 is 4.86. The van der Waals surface area contributed by atoms with Gasteiger partial charge in [0.05, 0.1) is 6.61 Å². The van der Waals surface area contributed by atoms with Gasteiger partial charge in [0, 0.05) is 58.3 Å². The Balaban J connectivity index is 0. The van der Waals surface area contributed by atoms with Crippen LogP contribution in [-0.2, 0) is 9.53 Å². The molecule has 0 rings (SSSR count). The fraction of sp³-hybridized carbons (Fsp3) is 0.923. The Morgan fingerprint density at radius 2 is 1.31 bits per heavy atom. The fourth-order valence-corrected chi connectivity index (χ4v) is 1.63. The SMILES string of the molecule is CCCCCCCCCCCOC(C)=O.[K]. The van der Waals surface area contributed by atoms with Crippen LogP contribution in [0.4, 0.5) is 0 Å². The molecule has 0 aliphatic rings. The van der Waals surface area contributed by atoms with E-state index in [1.807, 2.05) is 0 Å². The van der Waals surface area contributed by atoms with Gasteiger partial charge in [-0.2, -0.15) is 0 Å². The topological polar surface area (TPSA) is 26.3 Å². The zero-order chi connectivity index (χ0) is 11.4. The summed E-state index contributed by atoms with van der Waals surface area (Å²) in [7, 11) is 0. The monoisotopic (exact) mass is 253 g/mol. The number of rotatable bonds is 10. The molecule has 0 aromatic carbocycles. The molecule has 0 fully saturated rings. The fourth-order valence-electron chi connectivity index (χ4n) is 1.63. The van der Waals surface area contributed by atoms with E-state index in [4.69, 9.17) is 4.74 Å². The Kier molecular flexibility index (Phi) is 19.6. The first-order valence-corrected chi connectivity index (χ1v) is 6.40. The predicted octanol–water partition coefficient (Wildman–Crippen LogP) is 3.70. The molecule has 0 aliphatic carbocycles. The van der Waals surface area contributed by atoms with E-state index in [1.165, 1.54) is 58.3 Å². The summed E-state index contributed by atoms with van der Waals surface area (Å²) in [5.41, 5.74) is 0. The molecule has 0 spiro atoms. The molecule has 1 radical (unpaired) electrons. The number of esters is 1. The quantitative estimate of drug-likeness (QED) is 0.337. The first-order valence-electron chi connectivity index (χ1n) is 6.40. The molecule has 0 saturated heterocycles. The van der Waals surface area contributed by atoms with Gasteiger partial charge >= 0.3 is 5.97 Å². The van der Waals surface area contributed by atoms with Crippen LogP contribution in [0.1, 0.15) is 71.6 Å². The standard InChI is InChI=1S/C13H26O2.K/c1-3-4-5-6-7-8-9-10-11-12-15-13(2)14;/h3-12H2,1-2H3;. The molecule has 0 aromatic heterocycles. The molecule has 0 N–H and O–H groups in total. The van der Waals surface area contributed by atoms with Crippen LogP contribution in [-0.4, -0.2) is 64.0 Å². The molecule has 0 unspecified atom stereocenters. The third-order valence-corrected chi connectivity index (χ3v) is 2.55. The van der Waals surface area contributed by atoms with Gasteiger partial charge in [-0.3, -0.25) is 4.79 Å². The van der Waals surface area contributed by atoms with Crippen LogP contribution in [0.25, 0.3) is 0 Å². The van der Waals surface area contributed by atoms with Crippen LogP contribution in [0.3, 0.4) is 0 Å². The van der Waals surface area contributed by atoms with Crippen molar-refractivity contribution in [2.45, 2.75) is 71.6 Å². The summed E-state index contributed by atoms with van der Waals surface area (Å²) in [4.78, 5) is 10.5. The van der Waals surface area contributed by atoms with E-state index in [1.54, 1.807) is 0 Å². The number of carbonyl (C=O) groups excluding carboxylic acids is 1. The molecule has 0 saturated carbocycles. The van der Waals surface area contributed by atoms with Gasteiger partial charge in [-0.1, -0.05) is 58.3 Å². The number of hydrogen-bond acceptors (Lipinski definition) is 2. The van der Waals surface area contributed by atoms with Gasteiger partial charge in [0.2, 0.25) is 0 Å². The third-order valence-electron chi connectivity index (χ3n) is 2.55. The Morgan fingerprint density at radius 3 is 1.75 bits per heavy atom. The van der Waals surface area contributed by atoms with E-state index in [0.717, 1.165) is 6.42 Å². The molecular weight excluding hydrogens is 227 g/mol. The summed E-state index contributed by atoms with van der Waals surface area (Å²) in [5, 5.41) is 0. The third kappa shape index (κ3) is 17.5. The molecule has 0 heterocycles. The molecule has 0 bridgehead atoms. The summed E-state index contributed by atoms with van der Waals surface area (Å²) in [6.07, 6.45) is 11.7. The molecular formula is C13H26KO2. The maximum absolute atomic E-state index is 10.5. The Labute approximate surface area is 143 Å². The van der Waals surface area contributed by atoms with Crippen molar-refractivity contribution in [2.24, 2.45) is 0 Å². The normalized spacial score (nSPS) is 9.62. The average Bonchev–Trinajstić information content (AvgIpc) is 2.20. The first kappa shape index (κ1) is 19.4. The van der Waals surface area contributed by atoms with E-state index in [9.17, 15) is 4.79 Å². The largest absolute Gasteiger partial charge is 0.466 e. The van der Waals surface area contributed by atoms with Gasteiger partial charge in [-0.05, 0) is 6.42 Å². The van der Waals surface area contributed by atoms with Crippen LogP contribution < -0.4 is 0 Å². The van der Waals surface area contributed by atoms with Crippen LogP contribution >= 0.6 is 0 Å². The van der Waals surface area contributed by atoms with E-state index >= 15 is 0 Å². The van der Waals surface area contributed by atoms with Crippen molar-refractivity contribution in [3.05, 3.63) is 0 Å². The van der Waals surface area contributed by atoms with Gasteiger partial charge in [0.15, 0.2) is 0 Å². The zero-order valence-electron chi connectivity index (χ0n) is 11.4. The Hall–Kier alpha value is 1.11. The summed E-state index contributed by atoms with van der Waals surface area (Å²) in [6, 6.07) is 0. The minimum atomic E-state index is -0.158. The average molecular weight is 253 g/mol. The molecule has 0 aliphatic heterocycles. The van der Waals surface area contributed by atoms with Crippen molar-refractivity contribution < 1.29 is 9.53 Å². The van der Waals surface area contributed by atoms with Crippen molar-refractivity contribution in [2.75, 3.05) is 6.61 Å². The second kappa shape index (κ2) is 16.1. The maximum Gasteiger partial charge on any atom is 0.302 e. The Bertz CT molecular complexity index is 149. The van der Waals surface area contributed by atoms with Crippen molar-refractivity contribution >= 4 is 57.4 Å². The first-order chi connectivity index (χ1) is 7.27. The molecule has 3 heteroatoms. The van der Waals surface area contributed by atoms with E-state index in [2.05, 4.69) is 6.92 Å².